The molecule has 2 heterocycles. The van der Waals surface area contributed by atoms with Crippen LogP contribution in [0.5, 0.6) is 0 Å². The van der Waals surface area contributed by atoms with Gasteiger partial charge in [-0.15, -0.1) is 0 Å². The van der Waals surface area contributed by atoms with Crippen molar-refractivity contribution in [1.29, 1.82) is 0 Å². The van der Waals surface area contributed by atoms with E-state index in [2.05, 4.69) is 4.98 Å². The predicted molar refractivity (Wildman–Crippen MR) is 102 cm³/mol. The molecule has 1 aliphatic rings. The van der Waals surface area contributed by atoms with E-state index in [1.54, 1.807) is 20.8 Å². The molecule has 0 spiro atoms. The molecular weight excluding hydrogens is 406 g/mol. The molecule has 1 aromatic rings. The minimum atomic E-state index is -3.93. The van der Waals surface area contributed by atoms with Gasteiger partial charge in [-0.2, -0.15) is 8.61 Å². The number of carbonyl (C=O) groups excluding carboxylic acids is 1. The highest BCUT2D eigenvalue weighted by molar-refractivity contribution is 7.89. The third-order valence-electron chi connectivity index (χ3n) is 4.66. The van der Waals surface area contributed by atoms with Gasteiger partial charge in [-0.25, -0.2) is 21.8 Å². The SMILES string of the molecule is CCOC(=O)[C@@H]1CCCN(S(=O)(=O)c2ccc(S(=O)(=O)N(CC)CC)cn2)C1. The lowest BCUT2D eigenvalue weighted by molar-refractivity contribution is -0.149. The Morgan fingerprint density at radius 2 is 1.89 bits per heavy atom. The topological polar surface area (TPSA) is 114 Å². The number of sulfonamides is 2. The highest BCUT2D eigenvalue weighted by atomic mass is 32.2. The molecule has 2 rings (SSSR count). The zero-order valence-electron chi connectivity index (χ0n) is 16.4. The van der Waals surface area contributed by atoms with Crippen molar-refractivity contribution >= 4 is 26.0 Å². The molecule has 11 heteroatoms. The van der Waals surface area contributed by atoms with Gasteiger partial charge in [-0.3, -0.25) is 4.79 Å². The van der Waals surface area contributed by atoms with E-state index in [1.807, 2.05) is 0 Å². The van der Waals surface area contributed by atoms with Gasteiger partial charge in [0.05, 0.1) is 12.5 Å². The number of hydrogen-bond donors (Lipinski definition) is 0. The maximum atomic E-state index is 12.9. The van der Waals surface area contributed by atoms with E-state index >= 15 is 0 Å². The molecule has 0 amide bonds. The minimum Gasteiger partial charge on any atom is -0.466 e. The Morgan fingerprint density at radius 1 is 1.21 bits per heavy atom. The molecule has 1 saturated heterocycles. The first-order chi connectivity index (χ1) is 13.2. The maximum Gasteiger partial charge on any atom is 0.310 e. The molecule has 158 valence electrons. The lowest BCUT2D eigenvalue weighted by Crippen LogP contribution is -2.43. The molecular formula is C17H27N3O6S2. The number of aromatic nitrogens is 1. The second-order valence-electron chi connectivity index (χ2n) is 6.38. The summed E-state index contributed by atoms with van der Waals surface area (Å²) in [4.78, 5) is 15.8. The van der Waals surface area contributed by atoms with E-state index in [4.69, 9.17) is 4.74 Å². The number of nitrogens with zero attached hydrogens (tertiary/aromatic N) is 3. The summed E-state index contributed by atoms with van der Waals surface area (Å²) in [6, 6.07) is 2.44. The van der Waals surface area contributed by atoms with Crippen LogP contribution in [0.2, 0.25) is 0 Å². The molecule has 1 fully saturated rings. The summed E-state index contributed by atoms with van der Waals surface area (Å²) in [6.45, 7) is 6.32. The van der Waals surface area contributed by atoms with E-state index in [1.165, 1.54) is 20.7 Å². The Morgan fingerprint density at radius 3 is 2.43 bits per heavy atom. The van der Waals surface area contributed by atoms with Gasteiger partial charge in [0.2, 0.25) is 10.0 Å². The predicted octanol–water partition coefficient (Wildman–Crippen LogP) is 1.08. The molecule has 0 saturated carbocycles. The molecule has 28 heavy (non-hydrogen) atoms. The number of carbonyl (C=O) groups is 1. The van der Waals surface area contributed by atoms with Gasteiger partial charge in [-0.05, 0) is 31.9 Å². The van der Waals surface area contributed by atoms with Gasteiger partial charge in [0.25, 0.3) is 10.0 Å². The monoisotopic (exact) mass is 433 g/mol. The lowest BCUT2D eigenvalue weighted by Gasteiger charge is -2.30. The van der Waals surface area contributed by atoms with Crippen LogP contribution in [-0.2, 0) is 29.6 Å². The second-order valence-corrected chi connectivity index (χ2v) is 10.2. The van der Waals surface area contributed by atoms with Gasteiger partial charge in [0, 0.05) is 32.4 Å². The zero-order valence-corrected chi connectivity index (χ0v) is 18.0. The summed E-state index contributed by atoms with van der Waals surface area (Å²) in [5, 5.41) is -0.240. The Labute approximate surface area is 166 Å². The van der Waals surface area contributed by atoms with Crippen molar-refractivity contribution in [3.8, 4) is 0 Å². The van der Waals surface area contributed by atoms with E-state index < -0.39 is 31.9 Å². The van der Waals surface area contributed by atoms with Crippen LogP contribution < -0.4 is 0 Å². The number of ether oxygens (including phenoxy) is 1. The van der Waals surface area contributed by atoms with Crippen molar-refractivity contribution in [3.63, 3.8) is 0 Å². The van der Waals surface area contributed by atoms with Crippen molar-refractivity contribution in [2.45, 2.75) is 43.5 Å². The summed E-state index contributed by atoms with van der Waals surface area (Å²) in [5.41, 5.74) is 0. The summed E-state index contributed by atoms with van der Waals surface area (Å²) in [5.74, 6) is -0.915. The quantitative estimate of drug-likeness (QED) is 0.564. The summed E-state index contributed by atoms with van der Waals surface area (Å²) in [7, 11) is -7.64. The van der Waals surface area contributed by atoms with Gasteiger partial charge >= 0.3 is 5.97 Å². The van der Waals surface area contributed by atoms with Crippen LogP contribution in [0.4, 0.5) is 0 Å². The van der Waals surface area contributed by atoms with Gasteiger partial charge < -0.3 is 4.74 Å². The Balaban J connectivity index is 2.23. The number of esters is 1. The van der Waals surface area contributed by atoms with Crippen molar-refractivity contribution in [2.24, 2.45) is 5.92 Å². The molecule has 0 N–H and O–H groups in total. The summed E-state index contributed by atoms with van der Waals surface area (Å²) >= 11 is 0. The van der Waals surface area contributed by atoms with E-state index in [0.29, 0.717) is 25.9 Å². The van der Waals surface area contributed by atoms with Gasteiger partial charge in [0.15, 0.2) is 5.03 Å². The Bertz CT molecular complexity index is 880. The first kappa shape index (κ1) is 22.7. The van der Waals surface area contributed by atoms with Crippen LogP contribution in [0.15, 0.2) is 28.3 Å². The number of pyridine rings is 1. The van der Waals surface area contributed by atoms with Crippen LogP contribution in [0.3, 0.4) is 0 Å². The lowest BCUT2D eigenvalue weighted by atomic mass is 10.0. The van der Waals surface area contributed by atoms with E-state index in [9.17, 15) is 21.6 Å². The summed E-state index contributed by atoms with van der Waals surface area (Å²) in [6.07, 6.45) is 2.17. The number of rotatable bonds is 8. The van der Waals surface area contributed by atoms with Crippen molar-refractivity contribution in [3.05, 3.63) is 18.3 Å². The van der Waals surface area contributed by atoms with Gasteiger partial charge in [0.1, 0.15) is 4.90 Å². The Kier molecular flexibility index (Phi) is 7.54. The molecule has 0 aliphatic carbocycles. The number of hydrogen-bond acceptors (Lipinski definition) is 7. The van der Waals surface area contributed by atoms with Crippen LogP contribution in [0.1, 0.15) is 33.6 Å². The van der Waals surface area contributed by atoms with Crippen LogP contribution in [0.25, 0.3) is 0 Å². The van der Waals surface area contributed by atoms with Crippen molar-refractivity contribution in [1.82, 2.24) is 13.6 Å². The normalized spacial score (nSPS) is 18.9. The Hall–Kier alpha value is -1.56. The van der Waals surface area contributed by atoms with Gasteiger partial charge in [-0.1, -0.05) is 13.8 Å². The van der Waals surface area contributed by atoms with E-state index in [0.717, 1.165) is 6.20 Å². The average molecular weight is 434 g/mol. The first-order valence-electron chi connectivity index (χ1n) is 9.31. The third kappa shape index (κ3) is 4.70. The highest BCUT2D eigenvalue weighted by Gasteiger charge is 2.35. The highest BCUT2D eigenvalue weighted by Crippen LogP contribution is 2.24. The first-order valence-corrected chi connectivity index (χ1v) is 12.2. The molecule has 0 bridgehead atoms. The van der Waals surface area contributed by atoms with Crippen LogP contribution >= 0.6 is 0 Å². The standard InChI is InChI=1S/C17H27N3O6S2/c1-4-19(5-2)27(22,23)15-9-10-16(18-12-15)28(24,25)20-11-7-8-14(13-20)17(21)26-6-3/h9-10,12,14H,4-8,11,13H2,1-3H3/t14-/m1/s1. The van der Waals surface area contributed by atoms with E-state index in [-0.39, 0.29) is 29.6 Å². The molecule has 0 unspecified atom stereocenters. The van der Waals surface area contributed by atoms with Crippen molar-refractivity contribution < 1.29 is 26.4 Å². The second kappa shape index (κ2) is 9.29. The molecule has 1 aliphatic heterocycles. The minimum absolute atomic E-state index is 0.0301. The third-order valence-corrected chi connectivity index (χ3v) is 8.48. The molecule has 0 radical (unpaired) electrons. The van der Waals surface area contributed by atoms with Crippen LogP contribution in [-0.4, -0.2) is 69.2 Å². The molecule has 1 atom stereocenters. The fourth-order valence-corrected chi connectivity index (χ4v) is 5.97. The molecule has 9 nitrogen and oxygen atoms in total. The maximum absolute atomic E-state index is 12.9. The largest absolute Gasteiger partial charge is 0.466 e. The fourth-order valence-electron chi connectivity index (χ4n) is 3.13. The zero-order chi connectivity index (χ0) is 20.9. The molecule has 0 aromatic carbocycles. The summed E-state index contributed by atoms with van der Waals surface area (Å²) < 4.78 is 58.2. The van der Waals surface area contributed by atoms with Crippen molar-refractivity contribution in [2.75, 3.05) is 32.8 Å². The smallest absolute Gasteiger partial charge is 0.310 e. The molecule has 1 aromatic heterocycles. The number of piperidine rings is 1. The van der Waals surface area contributed by atoms with Crippen LogP contribution in [0, 0.1) is 5.92 Å². The average Bonchev–Trinajstić information content (AvgIpc) is 2.69. The fraction of sp³-hybridized carbons (Fsp3) is 0.647.